The summed E-state index contributed by atoms with van der Waals surface area (Å²) in [6, 6.07) is 11.9. The summed E-state index contributed by atoms with van der Waals surface area (Å²) in [6.07, 6.45) is 1.86. The number of nitrogens with zero attached hydrogens (tertiary/aromatic N) is 4. The van der Waals surface area contributed by atoms with Crippen molar-refractivity contribution in [2.45, 2.75) is 23.6 Å². The number of thiazole rings is 1. The summed E-state index contributed by atoms with van der Waals surface area (Å²) in [5, 5.41) is 5.05. The Bertz CT molecular complexity index is 996. The number of amides is 1. The van der Waals surface area contributed by atoms with Crippen LogP contribution in [0.1, 0.15) is 27.2 Å². The van der Waals surface area contributed by atoms with Crippen LogP contribution in [0.5, 0.6) is 0 Å². The minimum absolute atomic E-state index is 0.0714. The van der Waals surface area contributed by atoms with Gasteiger partial charge in [-0.05, 0) is 43.3 Å². The normalized spacial score (nSPS) is 14.6. The van der Waals surface area contributed by atoms with Crippen LogP contribution in [-0.2, 0) is 12.3 Å². The number of benzene rings is 1. The van der Waals surface area contributed by atoms with Crippen LogP contribution >= 0.6 is 23.1 Å². The molecule has 1 saturated heterocycles. The molecule has 0 saturated carbocycles. The maximum absolute atomic E-state index is 12.5. The minimum Gasteiger partial charge on any atom is -0.354 e. The van der Waals surface area contributed by atoms with Crippen molar-refractivity contribution in [1.29, 1.82) is 0 Å². The average molecular weight is 454 g/mol. The molecule has 0 radical (unpaired) electrons. The number of hydrogen-bond acceptors (Lipinski definition) is 7. The molecule has 0 atom stereocenters. The molecule has 0 spiro atoms. The third kappa shape index (κ3) is 6.06. The Labute approximate surface area is 191 Å². The number of likely N-dealkylation sites (N-methyl/N-ethyl adjacent to an activating group) is 1. The number of rotatable bonds is 7. The number of aryl methyl sites for hydroxylation is 1. The highest BCUT2D eigenvalue weighted by Gasteiger charge is 2.15. The first-order valence-corrected chi connectivity index (χ1v) is 12.2. The lowest BCUT2D eigenvalue weighted by molar-refractivity contribution is 0.0951. The highest BCUT2D eigenvalue weighted by Crippen LogP contribution is 2.26. The Balaban J connectivity index is 1.25. The summed E-state index contributed by atoms with van der Waals surface area (Å²) in [6.45, 7) is 6.58. The van der Waals surface area contributed by atoms with Gasteiger partial charge in [0, 0.05) is 61.3 Å². The number of carbonyl (C=O) groups excluding carboxylic acids is 1. The standard InChI is InChI=1S/C23H27N5OS2/c1-17-15-30-23(26-17)31-16-18-3-6-20(7-4-18)22(29)25-14-19-5-8-21(24-13-19)28-11-9-27(2)10-12-28/h3-8,13,15H,9-12,14,16H2,1-2H3,(H,25,29). The summed E-state index contributed by atoms with van der Waals surface area (Å²) in [7, 11) is 2.15. The highest BCUT2D eigenvalue weighted by atomic mass is 32.2. The smallest absolute Gasteiger partial charge is 0.251 e. The predicted molar refractivity (Wildman–Crippen MR) is 128 cm³/mol. The molecule has 0 aliphatic carbocycles. The Hall–Kier alpha value is -2.42. The van der Waals surface area contributed by atoms with Crippen molar-refractivity contribution >= 4 is 34.8 Å². The van der Waals surface area contributed by atoms with Gasteiger partial charge >= 0.3 is 0 Å². The maximum Gasteiger partial charge on any atom is 0.251 e. The highest BCUT2D eigenvalue weighted by molar-refractivity contribution is 8.00. The molecule has 1 aromatic carbocycles. The second-order valence-electron chi connectivity index (χ2n) is 7.74. The number of pyridine rings is 1. The molecule has 3 heterocycles. The van der Waals surface area contributed by atoms with Gasteiger partial charge in [-0.3, -0.25) is 4.79 Å². The van der Waals surface area contributed by atoms with Gasteiger partial charge in [-0.1, -0.05) is 30.0 Å². The van der Waals surface area contributed by atoms with Crippen molar-refractivity contribution < 1.29 is 4.79 Å². The van der Waals surface area contributed by atoms with Crippen LogP contribution in [0.25, 0.3) is 0 Å². The minimum atomic E-state index is -0.0714. The van der Waals surface area contributed by atoms with Crippen LogP contribution in [0.4, 0.5) is 5.82 Å². The van der Waals surface area contributed by atoms with Crippen molar-refractivity contribution in [3.63, 3.8) is 0 Å². The van der Waals surface area contributed by atoms with Gasteiger partial charge < -0.3 is 15.1 Å². The Kier molecular flexibility index (Phi) is 7.21. The number of piperazine rings is 1. The zero-order chi connectivity index (χ0) is 21.6. The second-order valence-corrected chi connectivity index (χ2v) is 9.82. The van der Waals surface area contributed by atoms with Gasteiger partial charge in [0.15, 0.2) is 0 Å². The van der Waals surface area contributed by atoms with Crippen molar-refractivity contribution in [3.8, 4) is 0 Å². The maximum atomic E-state index is 12.5. The van der Waals surface area contributed by atoms with Gasteiger partial charge in [0.2, 0.25) is 0 Å². The third-order valence-corrected chi connectivity index (χ3v) is 7.48. The van der Waals surface area contributed by atoms with E-state index in [1.165, 1.54) is 5.56 Å². The zero-order valence-electron chi connectivity index (χ0n) is 17.9. The van der Waals surface area contributed by atoms with Gasteiger partial charge in [0.1, 0.15) is 10.2 Å². The molecule has 162 valence electrons. The molecule has 8 heteroatoms. The van der Waals surface area contributed by atoms with Gasteiger partial charge in [-0.2, -0.15) is 0 Å². The largest absolute Gasteiger partial charge is 0.354 e. The van der Waals surface area contributed by atoms with Crippen molar-refractivity contribution in [2.75, 3.05) is 38.1 Å². The molecular formula is C23H27N5OS2. The van der Waals surface area contributed by atoms with E-state index in [0.29, 0.717) is 12.1 Å². The number of aromatic nitrogens is 2. The number of anilines is 1. The van der Waals surface area contributed by atoms with E-state index in [1.807, 2.05) is 49.5 Å². The van der Waals surface area contributed by atoms with Gasteiger partial charge in [-0.15, -0.1) is 11.3 Å². The molecule has 6 nitrogen and oxygen atoms in total. The van der Waals surface area contributed by atoms with Gasteiger partial charge in [0.05, 0.1) is 0 Å². The van der Waals surface area contributed by atoms with Crippen LogP contribution in [0.3, 0.4) is 0 Å². The molecule has 4 rings (SSSR count). The molecule has 1 N–H and O–H groups in total. The summed E-state index contributed by atoms with van der Waals surface area (Å²) >= 11 is 3.39. The van der Waals surface area contributed by atoms with E-state index in [1.54, 1.807) is 23.1 Å². The Morgan fingerprint density at radius 2 is 1.84 bits per heavy atom. The van der Waals surface area contributed by atoms with E-state index in [9.17, 15) is 4.79 Å². The zero-order valence-corrected chi connectivity index (χ0v) is 19.5. The molecule has 1 aliphatic rings. The van der Waals surface area contributed by atoms with Crippen molar-refractivity contribution in [2.24, 2.45) is 0 Å². The Morgan fingerprint density at radius 1 is 1.10 bits per heavy atom. The summed E-state index contributed by atoms with van der Waals surface area (Å²) < 4.78 is 1.08. The van der Waals surface area contributed by atoms with Crippen LogP contribution in [0, 0.1) is 6.92 Å². The second kappa shape index (κ2) is 10.3. The van der Waals surface area contributed by atoms with Crippen molar-refractivity contribution in [3.05, 3.63) is 70.4 Å². The summed E-state index contributed by atoms with van der Waals surface area (Å²) in [5.74, 6) is 1.78. The lowest BCUT2D eigenvalue weighted by Gasteiger charge is -2.33. The van der Waals surface area contributed by atoms with Crippen LogP contribution in [0.15, 0.2) is 52.3 Å². The van der Waals surface area contributed by atoms with E-state index in [0.717, 1.165) is 53.3 Å². The molecule has 31 heavy (non-hydrogen) atoms. The fourth-order valence-electron chi connectivity index (χ4n) is 3.32. The third-order valence-electron chi connectivity index (χ3n) is 5.27. The molecule has 1 fully saturated rings. The SMILES string of the molecule is Cc1csc(SCc2ccc(C(=O)NCc3ccc(N4CCN(C)CC4)nc3)cc2)n1. The van der Waals surface area contributed by atoms with Crippen LogP contribution < -0.4 is 10.2 Å². The fourth-order valence-corrected chi connectivity index (χ4v) is 5.13. The quantitative estimate of drug-likeness (QED) is 0.549. The predicted octanol–water partition coefficient (Wildman–Crippen LogP) is 3.82. The number of nitrogens with one attached hydrogen (secondary N) is 1. The average Bonchev–Trinajstić information content (AvgIpc) is 3.22. The van der Waals surface area contributed by atoms with E-state index < -0.39 is 0 Å². The first-order chi connectivity index (χ1) is 15.1. The van der Waals surface area contributed by atoms with E-state index in [-0.39, 0.29) is 5.91 Å². The molecule has 1 aliphatic heterocycles. The van der Waals surface area contributed by atoms with Crippen LogP contribution in [-0.4, -0.2) is 54.0 Å². The topological polar surface area (TPSA) is 61.4 Å². The molecule has 0 unspecified atom stereocenters. The van der Waals surface area contributed by atoms with E-state index in [2.05, 4.69) is 37.5 Å². The molecular weight excluding hydrogens is 426 g/mol. The van der Waals surface area contributed by atoms with Crippen molar-refractivity contribution in [1.82, 2.24) is 20.2 Å². The summed E-state index contributed by atoms with van der Waals surface area (Å²) in [5.41, 5.74) is 3.90. The van der Waals surface area contributed by atoms with Gasteiger partial charge in [0.25, 0.3) is 5.91 Å². The first-order valence-electron chi connectivity index (χ1n) is 10.4. The molecule has 2 aromatic heterocycles. The fraction of sp³-hybridized carbons (Fsp3) is 0.348. The van der Waals surface area contributed by atoms with E-state index >= 15 is 0 Å². The number of thioether (sulfide) groups is 1. The summed E-state index contributed by atoms with van der Waals surface area (Å²) in [4.78, 5) is 26.2. The molecule has 1 amide bonds. The first kappa shape index (κ1) is 21.8. The van der Waals surface area contributed by atoms with Gasteiger partial charge in [-0.25, -0.2) is 9.97 Å². The number of carbonyl (C=O) groups is 1. The number of hydrogen-bond donors (Lipinski definition) is 1. The molecule has 0 bridgehead atoms. The Morgan fingerprint density at radius 3 is 2.48 bits per heavy atom. The molecule has 3 aromatic rings. The van der Waals surface area contributed by atoms with E-state index in [4.69, 9.17) is 0 Å². The lowest BCUT2D eigenvalue weighted by atomic mass is 10.1. The van der Waals surface area contributed by atoms with Crippen LogP contribution in [0.2, 0.25) is 0 Å². The monoisotopic (exact) mass is 453 g/mol. The lowest BCUT2D eigenvalue weighted by Crippen LogP contribution is -2.44.